The zero-order valence-electron chi connectivity index (χ0n) is 14.9. The van der Waals surface area contributed by atoms with E-state index in [0.717, 1.165) is 6.07 Å². The summed E-state index contributed by atoms with van der Waals surface area (Å²) in [7, 11) is -1.84. The molecule has 1 saturated heterocycles. The highest BCUT2D eigenvalue weighted by Crippen LogP contribution is 2.21. The topological polar surface area (TPSA) is 90.0 Å². The number of rotatable bonds is 6. The molecule has 0 N–H and O–H groups in total. The van der Waals surface area contributed by atoms with E-state index in [1.165, 1.54) is 31.1 Å². The van der Waals surface area contributed by atoms with Gasteiger partial charge < -0.3 is 14.4 Å². The van der Waals surface area contributed by atoms with Gasteiger partial charge in [-0.3, -0.25) is 4.79 Å². The van der Waals surface area contributed by atoms with Crippen molar-refractivity contribution in [2.75, 3.05) is 25.2 Å². The zero-order chi connectivity index (χ0) is 19.5. The molecule has 1 aliphatic rings. The van der Waals surface area contributed by atoms with Crippen LogP contribution >= 0.6 is 0 Å². The first-order valence-electron chi connectivity index (χ1n) is 8.24. The number of sulfone groups is 1. The third kappa shape index (κ3) is 4.51. The second-order valence-corrected chi connectivity index (χ2v) is 8.31. The van der Waals surface area contributed by atoms with Crippen molar-refractivity contribution in [3.63, 3.8) is 0 Å². The Morgan fingerprint density at radius 3 is 2.58 bits per heavy atom. The number of hydrogen-bond acceptors (Lipinski definition) is 6. The first-order valence-corrected chi connectivity index (χ1v) is 10.1. The van der Waals surface area contributed by atoms with Crippen molar-refractivity contribution >= 4 is 21.7 Å². The SMILES string of the molecule is CCN(C(=O)[C@H](C)OC(=O)c1ccc(OC)c(F)c1)[C@H]1CCS(=O)(=O)C1. The molecule has 26 heavy (non-hydrogen) atoms. The van der Waals surface area contributed by atoms with Gasteiger partial charge in [0.1, 0.15) is 0 Å². The van der Waals surface area contributed by atoms with E-state index in [2.05, 4.69) is 0 Å². The molecule has 0 radical (unpaired) electrons. The van der Waals surface area contributed by atoms with Gasteiger partial charge in [0.2, 0.25) is 0 Å². The molecule has 1 aliphatic heterocycles. The predicted molar refractivity (Wildman–Crippen MR) is 92.3 cm³/mol. The highest BCUT2D eigenvalue weighted by molar-refractivity contribution is 7.91. The lowest BCUT2D eigenvalue weighted by Gasteiger charge is -2.29. The molecular weight excluding hydrogens is 365 g/mol. The maximum absolute atomic E-state index is 13.7. The number of esters is 1. The van der Waals surface area contributed by atoms with E-state index < -0.39 is 39.7 Å². The van der Waals surface area contributed by atoms with Crippen LogP contribution in [0, 0.1) is 5.82 Å². The van der Waals surface area contributed by atoms with E-state index >= 15 is 0 Å². The molecule has 0 spiro atoms. The molecule has 9 heteroatoms. The molecule has 0 aromatic heterocycles. The Balaban J connectivity index is 2.05. The highest BCUT2D eigenvalue weighted by Gasteiger charge is 2.36. The fourth-order valence-electron chi connectivity index (χ4n) is 2.92. The Labute approximate surface area is 152 Å². The van der Waals surface area contributed by atoms with Crippen molar-refractivity contribution in [2.24, 2.45) is 0 Å². The molecule has 2 atom stereocenters. The van der Waals surface area contributed by atoms with Gasteiger partial charge in [-0.1, -0.05) is 0 Å². The minimum atomic E-state index is -3.14. The van der Waals surface area contributed by atoms with Crippen molar-refractivity contribution in [3.05, 3.63) is 29.6 Å². The first-order chi connectivity index (χ1) is 12.2. The minimum Gasteiger partial charge on any atom is -0.494 e. The average molecular weight is 387 g/mol. The molecule has 1 aromatic carbocycles. The van der Waals surface area contributed by atoms with Crippen molar-refractivity contribution in [2.45, 2.75) is 32.4 Å². The van der Waals surface area contributed by atoms with Gasteiger partial charge in [-0.15, -0.1) is 0 Å². The number of benzene rings is 1. The summed E-state index contributed by atoms with van der Waals surface area (Å²) in [6, 6.07) is 3.18. The van der Waals surface area contributed by atoms with E-state index in [0.29, 0.717) is 13.0 Å². The number of likely N-dealkylation sites (N-methyl/N-ethyl adjacent to an activating group) is 1. The third-order valence-corrected chi connectivity index (χ3v) is 6.04. The monoisotopic (exact) mass is 387 g/mol. The number of nitrogens with zero attached hydrogens (tertiary/aromatic N) is 1. The molecule has 1 aromatic rings. The van der Waals surface area contributed by atoms with E-state index in [4.69, 9.17) is 9.47 Å². The van der Waals surface area contributed by atoms with Crippen LogP contribution in [0.2, 0.25) is 0 Å². The van der Waals surface area contributed by atoms with Gasteiger partial charge in [0, 0.05) is 12.6 Å². The second-order valence-electron chi connectivity index (χ2n) is 6.08. The maximum atomic E-state index is 13.7. The molecule has 1 fully saturated rings. The second kappa shape index (κ2) is 8.03. The van der Waals surface area contributed by atoms with Gasteiger partial charge in [0.25, 0.3) is 5.91 Å². The lowest BCUT2D eigenvalue weighted by molar-refractivity contribution is -0.141. The molecule has 0 unspecified atom stereocenters. The Morgan fingerprint density at radius 2 is 2.08 bits per heavy atom. The smallest absolute Gasteiger partial charge is 0.339 e. The van der Waals surface area contributed by atoms with Gasteiger partial charge in [-0.05, 0) is 38.5 Å². The van der Waals surface area contributed by atoms with Crippen LogP contribution in [0.3, 0.4) is 0 Å². The summed E-state index contributed by atoms with van der Waals surface area (Å²) >= 11 is 0. The van der Waals surface area contributed by atoms with Crippen LogP contribution in [-0.2, 0) is 19.4 Å². The normalized spacial score (nSPS) is 19.6. The van der Waals surface area contributed by atoms with E-state index in [-0.39, 0.29) is 22.8 Å². The Morgan fingerprint density at radius 1 is 1.38 bits per heavy atom. The van der Waals surface area contributed by atoms with Gasteiger partial charge in [0.05, 0.1) is 24.2 Å². The predicted octanol–water partition coefficient (Wildman–Crippen LogP) is 1.42. The molecular formula is C17H22FNO6S. The minimum absolute atomic E-state index is 0.00900. The first kappa shape index (κ1) is 20.2. The Hall–Kier alpha value is -2.16. The zero-order valence-corrected chi connectivity index (χ0v) is 15.7. The molecule has 0 saturated carbocycles. The number of ether oxygens (including phenoxy) is 2. The summed E-state index contributed by atoms with van der Waals surface area (Å²) in [5.41, 5.74) is -0.0468. The molecule has 7 nitrogen and oxygen atoms in total. The van der Waals surface area contributed by atoms with Crippen LogP contribution in [0.25, 0.3) is 0 Å². The summed E-state index contributed by atoms with van der Waals surface area (Å²) < 4.78 is 46.9. The summed E-state index contributed by atoms with van der Waals surface area (Å²) in [4.78, 5) is 26.1. The van der Waals surface area contributed by atoms with E-state index in [9.17, 15) is 22.4 Å². The maximum Gasteiger partial charge on any atom is 0.339 e. The molecule has 2 rings (SSSR count). The largest absolute Gasteiger partial charge is 0.494 e. The summed E-state index contributed by atoms with van der Waals surface area (Å²) in [6.45, 7) is 3.44. The van der Waals surface area contributed by atoms with Gasteiger partial charge in [-0.2, -0.15) is 0 Å². The number of carbonyl (C=O) groups is 2. The number of amides is 1. The number of halogens is 1. The van der Waals surface area contributed by atoms with Crippen molar-refractivity contribution < 1.29 is 31.9 Å². The highest BCUT2D eigenvalue weighted by atomic mass is 32.2. The molecule has 144 valence electrons. The Bertz CT molecular complexity index is 794. The molecule has 1 amide bonds. The molecule has 1 heterocycles. The van der Waals surface area contributed by atoms with Crippen molar-refractivity contribution in [3.8, 4) is 5.75 Å². The summed E-state index contributed by atoms with van der Waals surface area (Å²) in [5.74, 6) is -2.09. The van der Waals surface area contributed by atoms with Crippen molar-refractivity contribution in [1.82, 2.24) is 4.90 Å². The van der Waals surface area contributed by atoms with Crippen LogP contribution in [0.15, 0.2) is 18.2 Å². The van der Waals surface area contributed by atoms with Gasteiger partial charge in [-0.25, -0.2) is 17.6 Å². The van der Waals surface area contributed by atoms with Crippen LogP contribution in [-0.4, -0.2) is 62.5 Å². The fourth-order valence-corrected chi connectivity index (χ4v) is 4.65. The van der Waals surface area contributed by atoms with Crippen molar-refractivity contribution in [1.29, 1.82) is 0 Å². The number of hydrogen-bond donors (Lipinski definition) is 0. The van der Waals surface area contributed by atoms with Crippen LogP contribution in [0.4, 0.5) is 4.39 Å². The summed E-state index contributed by atoms with van der Waals surface area (Å²) in [6.07, 6.45) is -0.748. The number of carbonyl (C=O) groups excluding carboxylic acids is 2. The quantitative estimate of drug-likeness (QED) is 0.686. The van der Waals surface area contributed by atoms with Crippen LogP contribution in [0.5, 0.6) is 5.75 Å². The summed E-state index contributed by atoms with van der Waals surface area (Å²) in [5, 5.41) is 0. The standard InChI is InChI=1S/C17H22FNO6S/c1-4-19(13-7-8-26(22,23)10-13)16(20)11(2)25-17(21)12-5-6-15(24-3)14(18)9-12/h5-6,9,11,13H,4,7-8,10H2,1-3H3/t11-,13-/m0/s1. The van der Waals surface area contributed by atoms with E-state index in [1.54, 1.807) is 6.92 Å². The van der Waals surface area contributed by atoms with E-state index in [1.807, 2.05) is 0 Å². The molecule has 0 aliphatic carbocycles. The molecule has 0 bridgehead atoms. The average Bonchev–Trinajstić information content (AvgIpc) is 2.94. The van der Waals surface area contributed by atoms with Gasteiger partial charge >= 0.3 is 5.97 Å². The van der Waals surface area contributed by atoms with Crippen LogP contribution < -0.4 is 4.74 Å². The lowest BCUT2D eigenvalue weighted by atomic mass is 10.2. The van der Waals surface area contributed by atoms with Crippen LogP contribution in [0.1, 0.15) is 30.6 Å². The Kier molecular flexibility index (Phi) is 6.22. The third-order valence-electron chi connectivity index (χ3n) is 4.29. The number of methoxy groups -OCH3 is 1. The van der Waals surface area contributed by atoms with Gasteiger partial charge in [0.15, 0.2) is 27.5 Å². The fraction of sp³-hybridized carbons (Fsp3) is 0.529. The lowest BCUT2D eigenvalue weighted by Crippen LogP contribution is -2.46.